The lowest BCUT2D eigenvalue weighted by Gasteiger charge is -2.18. The van der Waals surface area contributed by atoms with Gasteiger partial charge in [0.2, 0.25) is 0 Å². The Morgan fingerprint density at radius 3 is 0.870 bits per heavy atom. The molecular formula is C113H162O25. The van der Waals surface area contributed by atoms with E-state index >= 15 is 0 Å². The third-order valence-electron chi connectivity index (χ3n) is 22.6. The van der Waals surface area contributed by atoms with Crippen molar-refractivity contribution in [2.45, 2.75) is 289 Å². The van der Waals surface area contributed by atoms with E-state index in [0.29, 0.717) is 100.0 Å². The Bertz CT molecular complexity index is 4460. The maximum Gasteiger partial charge on any atom is 0.338 e. The molecule has 0 spiro atoms. The van der Waals surface area contributed by atoms with Gasteiger partial charge in [-0.2, -0.15) is 0 Å². The van der Waals surface area contributed by atoms with E-state index in [1.807, 2.05) is 151 Å². The monoisotopic (exact) mass is 1920 g/mol. The van der Waals surface area contributed by atoms with Crippen molar-refractivity contribution in [1.29, 1.82) is 0 Å². The highest BCUT2D eigenvalue weighted by molar-refractivity contribution is 5.89. The topological polar surface area (TPSA) is 278 Å². The predicted octanol–water partition coefficient (Wildman–Crippen LogP) is 25.0. The van der Waals surface area contributed by atoms with Crippen molar-refractivity contribution >= 4 is 35.8 Å². The molecule has 0 saturated carbocycles. The summed E-state index contributed by atoms with van der Waals surface area (Å²) in [6.07, 6.45) is 7.82. The van der Waals surface area contributed by atoms with Crippen molar-refractivity contribution in [3.05, 3.63) is 251 Å². The van der Waals surface area contributed by atoms with E-state index in [4.69, 9.17) is 85.3 Å². The molecule has 8 aromatic rings. The maximum absolute atomic E-state index is 11.8. The molecule has 0 heterocycles. The summed E-state index contributed by atoms with van der Waals surface area (Å²) in [6, 6.07) is 67.1. The number of benzene rings is 8. The zero-order chi connectivity index (χ0) is 102. The fraction of sp³-hybridized carbons (Fsp3) is 0.522. The number of rotatable bonds is 57. The molecule has 0 aliphatic rings. The van der Waals surface area contributed by atoms with Gasteiger partial charge in [-0.1, -0.05) is 218 Å². The lowest BCUT2D eigenvalue weighted by Crippen LogP contribution is -2.25. The SMILES string of the molecule is CCC(C)c1ccc(OC(C)OCCC(COC)C(=O)OC)cc1.CCC(C)c1ccc(OC(C)OCCOC(=O)Cc2ccccc2)cc1.CCC(C)c1ccc(OC(C)OCCOC(=O)c2ccccc2)cc1.CCC(C)c1ccc(OC(C)OCCOC(C)=O)cc1.CCC(OCCCC(=O)OC)Oc1ccc(C(C)CC)cc1.CCC(OCCOC(C)=O)Oc1ccc(C(C)CC)cc1. The van der Waals surface area contributed by atoms with Crippen LogP contribution in [0, 0.1) is 5.92 Å². The third kappa shape index (κ3) is 53.9. The Labute approximate surface area is 824 Å². The quantitative estimate of drug-likeness (QED) is 0.0148. The first-order valence-electron chi connectivity index (χ1n) is 49.0. The predicted molar refractivity (Wildman–Crippen MR) is 541 cm³/mol. The van der Waals surface area contributed by atoms with E-state index in [1.165, 1.54) is 61.4 Å². The molecule has 13 atom stereocenters. The van der Waals surface area contributed by atoms with E-state index in [1.54, 1.807) is 31.4 Å². The van der Waals surface area contributed by atoms with Crippen molar-refractivity contribution in [3.8, 4) is 34.5 Å². The summed E-state index contributed by atoms with van der Waals surface area (Å²) in [6.45, 7) is 43.7. The minimum atomic E-state index is -0.412. The molecule has 0 fully saturated rings. The third-order valence-corrected chi connectivity index (χ3v) is 22.6. The molecule has 0 bridgehead atoms. The zero-order valence-corrected chi connectivity index (χ0v) is 86.6. The molecule has 0 saturated heterocycles. The average molecular weight is 1920 g/mol. The van der Waals surface area contributed by atoms with Crippen molar-refractivity contribution < 1.29 is 119 Å². The standard InChI is InChI=1S/C22H28O4.C21H26O4.C19H30O5.C18H28O4.C17H26O4.C16H24O4/c1-4-17(2)20-10-12-21(13-11-20)26-18(3)24-14-15-25-22(23)16-19-8-6-5-7-9-19;1-4-16(2)18-10-12-20(13-11-18)25-17(3)23-14-15-24-21(22)19-8-6-5-7-9-19;1-6-14(2)16-7-9-18(10-8-16)24-15(3)23-12-11-17(13-21-4)19(20)22-5;1-5-14(3)15-9-11-16(12-10-15)22-18(6-2)21-13-7-8-17(19)20-4;1-5-13(3)15-7-9-16(10-8-15)21-17(6-2)20-12-11-19-14(4)18;1-5-12(2)15-6-8-16(9-7-15)20-14(4)19-11-10-18-13(3)17/h5-13,17-18H,4,14-16H2,1-3H3;5-13,16-17H,4,14-15H2,1-3H3;7-10,14-15,17H,6,11-13H2,1-5H3;9-12,14,18H,5-8,13H2,1-4H3;7-10,13,17H,5-6,11-12H2,1-4H3;6-9,12,14H,5,10-11H2,1-4H3. The van der Waals surface area contributed by atoms with Crippen molar-refractivity contribution in [3.63, 3.8) is 0 Å². The van der Waals surface area contributed by atoms with Crippen molar-refractivity contribution in [2.24, 2.45) is 5.92 Å². The first kappa shape index (κ1) is 121. The molecule has 0 aliphatic heterocycles. The second kappa shape index (κ2) is 73.3. The van der Waals surface area contributed by atoms with Gasteiger partial charge in [-0.25, -0.2) is 4.79 Å². The van der Waals surface area contributed by atoms with Gasteiger partial charge in [0, 0.05) is 40.2 Å². The maximum atomic E-state index is 11.8. The lowest BCUT2D eigenvalue weighted by atomic mass is 9.99. The molecule has 138 heavy (non-hydrogen) atoms. The highest BCUT2D eigenvalue weighted by Gasteiger charge is 2.21. The van der Waals surface area contributed by atoms with Crippen LogP contribution in [-0.4, -0.2) is 168 Å². The van der Waals surface area contributed by atoms with E-state index in [0.717, 1.165) is 91.4 Å². The first-order chi connectivity index (χ1) is 66.4. The van der Waals surface area contributed by atoms with Crippen LogP contribution in [-0.2, 0) is 92.0 Å². The number of carbonyl (C=O) groups is 6. The molecule has 8 rings (SSSR count). The molecule has 25 nitrogen and oxygen atoms in total. The molecule has 0 radical (unpaired) electrons. The number of hydrogen-bond acceptors (Lipinski definition) is 25. The highest BCUT2D eigenvalue weighted by Crippen LogP contribution is 2.30. The Morgan fingerprint density at radius 2 is 0.572 bits per heavy atom. The Kier molecular flexibility index (Phi) is 64.4. The van der Waals surface area contributed by atoms with E-state index in [-0.39, 0.29) is 106 Å². The van der Waals surface area contributed by atoms with E-state index < -0.39 is 12.6 Å². The minimum Gasteiger partial charge on any atom is -0.469 e. The van der Waals surface area contributed by atoms with Crippen molar-refractivity contribution in [1.82, 2.24) is 0 Å². The molecule has 13 unspecified atom stereocenters. The molecule has 25 heteroatoms. The van der Waals surface area contributed by atoms with Crippen LogP contribution in [0.25, 0.3) is 0 Å². The lowest BCUT2D eigenvalue weighted by molar-refractivity contribution is -0.149. The number of methoxy groups -OCH3 is 3. The number of hydrogen-bond donors (Lipinski definition) is 0. The minimum absolute atomic E-state index is 0.189. The van der Waals surface area contributed by atoms with Gasteiger partial charge < -0.3 is 90.0 Å². The summed E-state index contributed by atoms with van der Waals surface area (Å²) in [5.41, 5.74) is 9.33. The smallest absolute Gasteiger partial charge is 0.338 e. The van der Waals surface area contributed by atoms with E-state index in [9.17, 15) is 28.8 Å². The van der Waals surface area contributed by atoms with Gasteiger partial charge >= 0.3 is 35.8 Å². The summed E-state index contributed by atoms with van der Waals surface area (Å²) in [7, 11) is 4.33. The van der Waals surface area contributed by atoms with Gasteiger partial charge in [0.15, 0.2) is 37.7 Å². The average Bonchev–Trinajstić information content (AvgIpc) is 0.893. The van der Waals surface area contributed by atoms with Gasteiger partial charge in [0.1, 0.15) is 60.9 Å². The fourth-order valence-corrected chi connectivity index (χ4v) is 12.8. The number of ether oxygens (including phenoxy) is 19. The fourth-order valence-electron chi connectivity index (χ4n) is 12.8. The van der Waals surface area contributed by atoms with Crippen LogP contribution in [0.5, 0.6) is 34.5 Å². The van der Waals surface area contributed by atoms with Crippen LogP contribution in [0.4, 0.5) is 0 Å². The van der Waals surface area contributed by atoms with Gasteiger partial charge in [-0.05, 0) is 238 Å². The summed E-state index contributed by atoms with van der Waals surface area (Å²) in [4.78, 5) is 67.4. The van der Waals surface area contributed by atoms with E-state index in [2.05, 4.69) is 161 Å². The summed E-state index contributed by atoms with van der Waals surface area (Å²) in [5.74, 6) is 5.98. The zero-order valence-electron chi connectivity index (χ0n) is 86.6. The molecule has 0 N–H and O–H groups in total. The van der Waals surface area contributed by atoms with Crippen LogP contribution in [0.1, 0.15) is 294 Å². The summed E-state index contributed by atoms with van der Waals surface area (Å²) >= 11 is 0. The van der Waals surface area contributed by atoms with Crippen LogP contribution in [0.2, 0.25) is 0 Å². The van der Waals surface area contributed by atoms with Gasteiger partial charge in [0.05, 0.1) is 78.4 Å². The summed E-state index contributed by atoms with van der Waals surface area (Å²) in [5, 5.41) is 0. The Balaban J connectivity index is 0.000000427. The van der Waals surface area contributed by atoms with Gasteiger partial charge in [-0.15, -0.1) is 0 Å². The molecule has 764 valence electrons. The highest BCUT2D eigenvalue weighted by atomic mass is 16.7. The van der Waals surface area contributed by atoms with Crippen LogP contribution in [0.3, 0.4) is 0 Å². The second-order valence-electron chi connectivity index (χ2n) is 33.4. The second-order valence-corrected chi connectivity index (χ2v) is 33.4. The number of esters is 6. The molecule has 0 amide bonds. The van der Waals surface area contributed by atoms with Crippen LogP contribution < -0.4 is 28.4 Å². The number of carbonyl (C=O) groups excluding carboxylic acids is 6. The van der Waals surface area contributed by atoms with Crippen LogP contribution >= 0.6 is 0 Å². The van der Waals surface area contributed by atoms with Gasteiger partial charge in [-0.3, -0.25) is 24.0 Å². The normalized spacial score (nSPS) is 13.6. The Hall–Kier alpha value is -10.9. The molecule has 8 aromatic carbocycles. The summed E-state index contributed by atoms with van der Waals surface area (Å²) < 4.78 is 102. The largest absolute Gasteiger partial charge is 0.469 e. The molecule has 0 aromatic heterocycles. The first-order valence-corrected chi connectivity index (χ1v) is 49.0. The Morgan fingerprint density at radius 1 is 0.283 bits per heavy atom. The van der Waals surface area contributed by atoms with Crippen molar-refractivity contribution in [2.75, 3.05) is 94.0 Å². The van der Waals surface area contributed by atoms with Crippen LogP contribution in [0.15, 0.2) is 206 Å². The van der Waals surface area contributed by atoms with Gasteiger partial charge in [0.25, 0.3) is 0 Å². The molecular weight excluding hydrogens is 1760 g/mol. The molecule has 0 aliphatic carbocycles.